The van der Waals surface area contributed by atoms with Crippen molar-refractivity contribution in [1.82, 2.24) is 5.32 Å². The van der Waals surface area contributed by atoms with Crippen LogP contribution in [0.1, 0.15) is 49.5 Å². The van der Waals surface area contributed by atoms with Gasteiger partial charge in [0.2, 0.25) is 5.91 Å². The molecule has 2 aromatic carbocycles. The van der Waals surface area contributed by atoms with E-state index in [9.17, 15) is 9.59 Å². The molecule has 0 aliphatic heterocycles. The van der Waals surface area contributed by atoms with Crippen LogP contribution in [0.5, 0.6) is 0 Å². The van der Waals surface area contributed by atoms with Crippen molar-refractivity contribution in [2.45, 2.75) is 45.1 Å². The normalized spacial score (nSPS) is 13.7. The minimum atomic E-state index is -0.154. The molecule has 1 fully saturated rings. The van der Waals surface area contributed by atoms with E-state index in [0.29, 0.717) is 17.3 Å². The average Bonchev–Trinajstić information content (AvgIpc) is 3.43. The third kappa shape index (κ3) is 5.33. The van der Waals surface area contributed by atoms with E-state index in [1.807, 2.05) is 18.2 Å². The Morgan fingerprint density at radius 1 is 1.04 bits per heavy atom. The Labute approximate surface area is 160 Å². The topological polar surface area (TPSA) is 70.2 Å². The molecule has 0 radical (unpaired) electrons. The van der Waals surface area contributed by atoms with Gasteiger partial charge in [0.25, 0.3) is 5.91 Å². The molecule has 0 saturated heterocycles. The number of rotatable bonds is 6. The monoisotopic (exact) mass is 365 g/mol. The van der Waals surface area contributed by atoms with Gasteiger partial charge in [0.1, 0.15) is 0 Å². The fraction of sp³-hybridized carbons (Fsp3) is 0.364. The second-order valence-corrected chi connectivity index (χ2v) is 8.03. The first-order valence-electron chi connectivity index (χ1n) is 9.37. The third-order valence-electron chi connectivity index (χ3n) is 4.50. The summed E-state index contributed by atoms with van der Waals surface area (Å²) in [5.74, 6) is -0.246. The molecule has 0 heterocycles. The summed E-state index contributed by atoms with van der Waals surface area (Å²) in [5, 5.41) is 9.03. The molecule has 142 valence electrons. The molecule has 1 saturated carbocycles. The highest BCUT2D eigenvalue weighted by Crippen LogP contribution is 2.29. The molecule has 1 aliphatic carbocycles. The number of amides is 2. The second-order valence-electron chi connectivity index (χ2n) is 8.03. The van der Waals surface area contributed by atoms with Gasteiger partial charge in [0, 0.05) is 23.0 Å². The van der Waals surface area contributed by atoms with Gasteiger partial charge in [0.15, 0.2) is 0 Å². The van der Waals surface area contributed by atoms with E-state index < -0.39 is 0 Å². The fourth-order valence-corrected chi connectivity index (χ4v) is 2.91. The van der Waals surface area contributed by atoms with Crippen molar-refractivity contribution in [2.24, 2.45) is 0 Å². The number of carbonyl (C=O) groups excluding carboxylic acids is 2. The van der Waals surface area contributed by atoms with Crippen molar-refractivity contribution in [3.8, 4) is 0 Å². The Kier molecular flexibility index (Phi) is 5.49. The number of carbonyl (C=O) groups is 2. The predicted molar refractivity (Wildman–Crippen MR) is 109 cm³/mol. The van der Waals surface area contributed by atoms with Gasteiger partial charge in [-0.1, -0.05) is 45.0 Å². The molecule has 0 bridgehead atoms. The van der Waals surface area contributed by atoms with Gasteiger partial charge in [-0.05, 0) is 48.1 Å². The minimum Gasteiger partial charge on any atom is -0.376 e. The Morgan fingerprint density at radius 2 is 1.78 bits per heavy atom. The minimum absolute atomic E-state index is 0.0106. The lowest BCUT2D eigenvalue weighted by atomic mass is 9.86. The summed E-state index contributed by atoms with van der Waals surface area (Å²) in [6.07, 6.45) is 2.09. The van der Waals surface area contributed by atoms with Crippen LogP contribution in [0.25, 0.3) is 0 Å². The van der Waals surface area contributed by atoms with Crippen LogP contribution in [0.15, 0.2) is 48.5 Å². The lowest BCUT2D eigenvalue weighted by Gasteiger charge is -2.23. The van der Waals surface area contributed by atoms with E-state index in [1.165, 1.54) is 0 Å². The second kappa shape index (κ2) is 7.82. The quantitative estimate of drug-likeness (QED) is 0.726. The van der Waals surface area contributed by atoms with Crippen LogP contribution in [-0.4, -0.2) is 24.4 Å². The average molecular weight is 365 g/mol. The van der Waals surface area contributed by atoms with Crippen LogP contribution < -0.4 is 16.0 Å². The van der Waals surface area contributed by atoms with Gasteiger partial charge in [-0.25, -0.2) is 0 Å². The van der Waals surface area contributed by atoms with E-state index in [0.717, 1.165) is 24.1 Å². The number of anilines is 2. The predicted octanol–water partition coefficient (Wildman–Crippen LogP) is 3.93. The molecule has 0 unspecified atom stereocenters. The maximum absolute atomic E-state index is 12.3. The molecule has 0 atom stereocenters. The van der Waals surface area contributed by atoms with Gasteiger partial charge in [-0.2, -0.15) is 0 Å². The molecule has 2 aromatic rings. The zero-order valence-corrected chi connectivity index (χ0v) is 16.1. The third-order valence-corrected chi connectivity index (χ3v) is 4.50. The Bertz CT molecular complexity index is 835. The first kappa shape index (κ1) is 19.0. The van der Waals surface area contributed by atoms with Crippen molar-refractivity contribution in [2.75, 3.05) is 17.2 Å². The maximum atomic E-state index is 12.3. The zero-order chi connectivity index (χ0) is 19.4. The van der Waals surface area contributed by atoms with Crippen LogP contribution in [0.3, 0.4) is 0 Å². The van der Waals surface area contributed by atoms with E-state index in [4.69, 9.17) is 0 Å². The number of para-hydroxylation sites is 1. The van der Waals surface area contributed by atoms with Gasteiger partial charge in [-0.15, -0.1) is 0 Å². The zero-order valence-electron chi connectivity index (χ0n) is 16.1. The molecule has 2 amide bonds. The summed E-state index contributed by atoms with van der Waals surface area (Å²) < 4.78 is 0. The van der Waals surface area contributed by atoms with E-state index >= 15 is 0 Å². The highest BCUT2D eigenvalue weighted by Gasteiger charge is 2.24. The Hall–Kier alpha value is -2.82. The number of benzene rings is 2. The van der Waals surface area contributed by atoms with Crippen LogP contribution in [0.4, 0.5) is 11.4 Å². The van der Waals surface area contributed by atoms with Crippen molar-refractivity contribution in [1.29, 1.82) is 0 Å². The van der Waals surface area contributed by atoms with Crippen molar-refractivity contribution >= 4 is 23.2 Å². The smallest absolute Gasteiger partial charge is 0.251 e. The van der Waals surface area contributed by atoms with Crippen molar-refractivity contribution in [3.63, 3.8) is 0 Å². The van der Waals surface area contributed by atoms with Crippen molar-refractivity contribution < 1.29 is 9.59 Å². The summed E-state index contributed by atoms with van der Waals surface area (Å²) in [6, 6.07) is 15.3. The Balaban J connectivity index is 1.59. The number of hydrogen-bond acceptors (Lipinski definition) is 3. The molecule has 1 aliphatic rings. The summed E-state index contributed by atoms with van der Waals surface area (Å²) in [6.45, 7) is 6.59. The molecule has 3 rings (SSSR count). The highest BCUT2D eigenvalue weighted by molar-refractivity contribution is 5.98. The van der Waals surface area contributed by atoms with Gasteiger partial charge >= 0.3 is 0 Å². The summed E-state index contributed by atoms with van der Waals surface area (Å²) >= 11 is 0. The SMILES string of the molecule is CC(C)(C)c1ccccc1NCC(=O)Nc1cccc(C(=O)NC2CC2)c1. The number of hydrogen-bond donors (Lipinski definition) is 3. The molecular weight excluding hydrogens is 338 g/mol. The molecule has 5 nitrogen and oxygen atoms in total. The first-order chi connectivity index (χ1) is 12.8. The largest absolute Gasteiger partial charge is 0.376 e. The lowest BCUT2D eigenvalue weighted by molar-refractivity contribution is -0.114. The van der Waals surface area contributed by atoms with Crippen LogP contribution in [-0.2, 0) is 10.2 Å². The van der Waals surface area contributed by atoms with Crippen LogP contribution >= 0.6 is 0 Å². The fourth-order valence-electron chi connectivity index (χ4n) is 2.91. The standard InChI is InChI=1S/C22H27N3O2/c1-22(2,3)18-9-4-5-10-19(18)23-14-20(26)24-17-8-6-7-15(13-17)21(27)25-16-11-12-16/h4-10,13,16,23H,11-12,14H2,1-3H3,(H,24,26)(H,25,27). The summed E-state index contributed by atoms with van der Waals surface area (Å²) in [7, 11) is 0. The lowest BCUT2D eigenvalue weighted by Crippen LogP contribution is -2.26. The summed E-state index contributed by atoms with van der Waals surface area (Å²) in [4.78, 5) is 24.5. The molecule has 5 heteroatoms. The first-order valence-corrected chi connectivity index (χ1v) is 9.37. The molecule has 0 aromatic heterocycles. The van der Waals surface area contributed by atoms with Gasteiger partial charge in [-0.3, -0.25) is 9.59 Å². The Morgan fingerprint density at radius 3 is 2.48 bits per heavy atom. The van der Waals surface area contributed by atoms with Crippen LogP contribution in [0, 0.1) is 0 Å². The van der Waals surface area contributed by atoms with Crippen LogP contribution in [0.2, 0.25) is 0 Å². The van der Waals surface area contributed by atoms with E-state index in [1.54, 1.807) is 24.3 Å². The van der Waals surface area contributed by atoms with E-state index in [-0.39, 0.29) is 23.8 Å². The molecule has 0 spiro atoms. The highest BCUT2D eigenvalue weighted by atomic mass is 16.2. The maximum Gasteiger partial charge on any atom is 0.251 e. The van der Waals surface area contributed by atoms with Crippen molar-refractivity contribution in [3.05, 3.63) is 59.7 Å². The molecule has 27 heavy (non-hydrogen) atoms. The molecule has 3 N–H and O–H groups in total. The van der Waals surface area contributed by atoms with Gasteiger partial charge < -0.3 is 16.0 Å². The number of nitrogens with one attached hydrogen (secondary N) is 3. The summed E-state index contributed by atoms with van der Waals surface area (Å²) in [5.41, 5.74) is 3.29. The van der Waals surface area contributed by atoms with Gasteiger partial charge in [0.05, 0.1) is 6.54 Å². The van der Waals surface area contributed by atoms with E-state index in [2.05, 4.69) is 42.8 Å². The molecular formula is C22H27N3O2.